The topological polar surface area (TPSA) is 146 Å². The highest BCUT2D eigenvalue weighted by Crippen LogP contribution is 2.43. The molecule has 1 saturated carbocycles. The van der Waals surface area contributed by atoms with E-state index in [-0.39, 0.29) is 28.6 Å². The smallest absolute Gasteiger partial charge is 0.425 e. The number of ether oxygens (including phenoxy) is 4. The predicted molar refractivity (Wildman–Crippen MR) is 156 cm³/mol. The van der Waals surface area contributed by atoms with Crippen LogP contribution in [-0.4, -0.2) is 52.1 Å². The van der Waals surface area contributed by atoms with E-state index in [2.05, 4.69) is 20.6 Å². The van der Waals surface area contributed by atoms with Crippen LogP contribution in [0.3, 0.4) is 0 Å². The average molecular weight is 607 g/mol. The number of nitrogens with one attached hydrogen (secondary N) is 2. The van der Waals surface area contributed by atoms with E-state index in [0.29, 0.717) is 15.6 Å². The van der Waals surface area contributed by atoms with Crippen molar-refractivity contribution in [3.05, 3.63) is 33.5 Å². The lowest BCUT2D eigenvalue weighted by Crippen LogP contribution is -2.48. The molecular weight excluding hydrogens is 568 g/mol. The Labute approximate surface area is 249 Å². The third-order valence-electron chi connectivity index (χ3n) is 6.79. The lowest BCUT2D eigenvalue weighted by atomic mass is 9.89. The maximum atomic E-state index is 14.0. The van der Waals surface area contributed by atoms with Crippen LogP contribution in [-0.2, 0) is 19.9 Å². The summed E-state index contributed by atoms with van der Waals surface area (Å²) in [6.45, 7) is 9.97. The fourth-order valence-electron chi connectivity index (χ4n) is 5.20. The number of aromatic nitrogens is 3. The van der Waals surface area contributed by atoms with Gasteiger partial charge >= 0.3 is 12.2 Å². The van der Waals surface area contributed by atoms with Crippen molar-refractivity contribution < 1.29 is 28.5 Å². The van der Waals surface area contributed by atoms with Crippen LogP contribution in [0.25, 0.3) is 0 Å². The van der Waals surface area contributed by atoms with Crippen molar-refractivity contribution in [1.82, 2.24) is 19.9 Å². The van der Waals surface area contributed by atoms with Crippen molar-refractivity contribution >= 4 is 41.1 Å². The number of nitrogens with zero attached hydrogens (tertiary/aromatic N) is 4. The van der Waals surface area contributed by atoms with Crippen LogP contribution in [0.2, 0.25) is 5.02 Å². The zero-order chi connectivity index (χ0) is 31.0. The van der Waals surface area contributed by atoms with Gasteiger partial charge in [0.2, 0.25) is 5.75 Å². The van der Waals surface area contributed by atoms with E-state index in [1.807, 2.05) is 0 Å². The summed E-state index contributed by atoms with van der Waals surface area (Å²) in [7, 11) is 2.88. The van der Waals surface area contributed by atoms with Crippen LogP contribution >= 0.6 is 11.6 Å². The number of methoxy groups -OCH3 is 2. The number of anilines is 3. The Hall–Kier alpha value is -3.42. The first-order valence-electron chi connectivity index (χ1n) is 13.8. The zero-order valence-corrected chi connectivity index (χ0v) is 26.0. The molecule has 2 N–H and O–H groups in total. The van der Waals surface area contributed by atoms with E-state index in [1.54, 1.807) is 53.2 Å². The van der Waals surface area contributed by atoms with Crippen LogP contribution in [0, 0.1) is 0 Å². The van der Waals surface area contributed by atoms with Crippen molar-refractivity contribution in [3.8, 4) is 5.75 Å². The molecule has 1 atom stereocenters. The number of amides is 2. The Morgan fingerprint density at radius 1 is 1.05 bits per heavy atom. The first-order valence-corrected chi connectivity index (χ1v) is 14.2. The van der Waals surface area contributed by atoms with Crippen molar-refractivity contribution in [3.63, 3.8) is 0 Å². The van der Waals surface area contributed by atoms with Crippen LogP contribution in [0.4, 0.5) is 26.9 Å². The number of rotatable bonds is 5. The normalized spacial score (nSPS) is 17.9. The Morgan fingerprint density at radius 3 is 2.17 bits per heavy atom. The maximum Gasteiger partial charge on any atom is 0.425 e. The minimum atomic E-state index is -1.03. The van der Waals surface area contributed by atoms with E-state index < -0.39 is 35.3 Å². The molecule has 14 heteroatoms. The summed E-state index contributed by atoms with van der Waals surface area (Å²) in [5.41, 5.74) is -2.20. The summed E-state index contributed by atoms with van der Waals surface area (Å²) < 4.78 is 23.8. The number of hydrogen-bond donors (Lipinski definition) is 2. The predicted octanol–water partition coefficient (Wildman–Crippen LogP) is 5.59. The second-order valence-electron chi connectivity index (χ2n) is 12.3. The summed E-state index contributed by atoms with van der Waals surface area (Å²) in [6.07, 6.45) is 2.95. The summed E-state index contributed by atoms with van der Waals surface area (Å²) in [5.74, 6) is -0.327. The third kappa shape index (κ3) is 6.32. The molecule has 42 heavy (non-hydrogen) atoms. The van der Waals surface area contributed by atoms with Crippen LogP contribution in [0.15, 0.2) is 17.2 Å². The van der Waals surface area contributed by atoms with Gasteiger partial charge in [0.25, 0.3) is 5.56 Å². The van der Waals surface area contributed by atoms with Crippen LogP contribution in [0.1, 0.15) is 85.6 Å². The highest BCUT2D eigenvalue weighted by molar-refractivity contribution is 6.31. The molecule has 0 radical (unpaired) electrons. The molecule has 13 nitrogen and oxygen atoms in total. The Morgan fingerprint density at radius 2 is 1.64 bits per heavy atom. The fraction of sp³-hybridized carbons (Fsp3) is 0.607. The monoisotopic (exact) mass is 606 g/mol. The lowest BCUT2D eigenvalue weighted by molar-refractivity contribution is 0.0402. The minimum Gasteiger partial charge on any atom is -0.490 e. The van der Waals surface area contributed by atoms with Gasteiger partial charge in [-0.05, 0) is 73.3 Å². The van der Waals surface area contributed by atoms with Gasteiger partial charge in [0.05, 0.1) is 17.8 Å². The van der Waals surface area contributed by atoms with Crippen LogP contribution < -0.4 is 25.8 Å². The molecule has 0 bridgehead atoms. The second kappa shape index (κ2) is 11.7. The molecule has 2 aromatic heterocycles. The number of imide groups is 1. The quantitative estimate of drug-likeness (QED) is 0.439. The molecule has 0 aromatic carbocycles. The molecular formula is C28H39ClN6O7. The Kier molecular flexibility index (Phi) is 8.77. The molecule has 2 aliphatic rings. The molecule has 2 aromatic rings. The number of carbonyl (C=O) groups is 2. The van der Waals surface area contributed by atoms with E-state index in [9.17, 15) is 14.4 Å². The highest BCUT2D eigenvalue weighted by Gasteiger charge is 2.46. The first kappa shape index (κ1) is 31.5. The van der Waals surface area contributed by atoms with Crippen molar-refractivity contribution in [1.29, 1.82) is 0 Å². The second-order valence-corrected chi connectivity index (χ2v) is 12.7. The van der Waals surface area contributed by atoms with E-state index in [4.69, 9.17) is 30.5 Å². The number of pyridine rings is 1. The fourth-order valence-corrected chi connectivity index (χ4v) is 5.49. The van der Waals surface area contributed by atoms with Crippen molar-refractivity contribution in [2.75, 3.05) is 24.4 Å². The first-order chi connectivity index (χ1) is 19.6. The molecule has 1 aliphatic heterocycles. The molecule has 3 heterocycles. The summed E-state index contributed by atoms with van der Waals surface area (Å²) >= 11 is 6.74. The van der Waals surface area contributed by atoms with Gasteiger partial charge < -0.3 is 24.3 Å². The lowest BCUT2D eigenvalue weighted by Gasteiger charge is -2.36. The molecule has 230 valence electrons. The molecule has 1 fully saturated rings. The molecule has 1 spiro atoms. The molecule has 1 unspecified atom stereocenters. The standard InChI is InChI=1S/C28H39ClN6O7/c1-26(2,3)41-24(37)34(25(38)42-27(4,5)6)21-19(39-7)20(30-15-31-21)32-17-14-16(29)18-22(40-8)33-28(35(18)23(17)36)12-10-9-11-13-28/h14-15,22,33H,9-13H2,1-8H3,(H,30,31,32). The molecule has 4 rings (SSSR count). The van der Waals surface area contributed by atoms with Gasteiger partial charge in [0, 0.05) is 7.11 Å². The highest BCUT2D eigenvalue weighted by atomic mass is 35.5. The number of fused-ring (bicyclic) bond motifs is 2. The summed E-state index contributed by atoms with van der Waals surface area (Å²) in [6, 6.07) is 1.49. The van der Waals surface area contributed by atoms with Crippen molar-refractivity contribution in [2.45, 2.75) is 96.7 Å². The maximum absolute atomic E-state index is 14.0. The van der Waals surface area contributed by atoms with Gasteiger partial charge in [-0.3, -0.25) is 14.7 Å². The Bertz CT molecular complexity index is 1380. The number of carbonyl (C=O) groups excluding carboxylic acids is 2. The summed E-state index contributed by atoms with van der Waals surface area (Å²) in [5, 5.41) is 6.78. The molecule has 2 amide bonds. The largest absolute Gasteiger partial charge is 0.490 e. The minimum absolute atomic E-state index is 0.0141. The molecule has 0 saturated heterocycles. The zero-order valence-electron chi connectivity index (χ0n) is 25.3. The van der Waals surface area contributed by atoms with Crippen LogP contribution in [0.5, 0.6) is 5.75 Å². The van der Waals surface area contributed by atoms with Gasteiger partial charge in [-0.1, -0.05) is 18.0 Å². The van der Waals surface area contributed by atoms with Gasteiger partial charge in [0.1, 0.15) is 28.9 Å². The average Bonchev–Trinajstić information content (AvgIpc) is 3.19. The third-order valence-corrected chi connectivity index (χ3v) is 7.09. The SMILES string of the molecule is COc1c(Nc2cc(Cl)c3n(c2=O)C2(CCCCC2)NC3OC)ncnc1N(C(=O)OC(C)(C)C)C(=O)OC(C)(C)C. The van der Waals surface area contributed by atoms with Gasteiger partial charge in [0.15, 0.2) is 17.9 Å². The van der Waals surface area contributed by atoms with Gasteiger partial charge in [-0.15, -0.1) is 0 Å². The van der Waals surface area contributed by atoms with Gasteiger partial charge in [-0.2, -0.15) is 4.90 Å². The van der Waals surface area contributed by atoms with E-state index >= 15 is 0 Å². The molecule has 1 aliphatic carbocycles. The van der Waals surface area contributed by atoms with E-state index in [0.717, 1.165) is 38.4 Å². The Balaban J connectivity index is 1.81. The number of hydrogen-bond acceptors (Lipinski definition) is 11. The van der Waals surface area contributed by atoms with Gasteiger partial charge in [-0.25, -0.2) is 19.6 Å². The summed E-state index contributed by atoms with van der Waals surface area (Å²) in [4.78, 5) is 49.6. The number of halogens is 1. The van der Waals surface area contributed by atoms with E-state index in [1.165, 1.54) is 13.2 Å². The van der Waals surface area contributed by atoms with Crippen molar-refractivity contribution in [2.24, 2.45) is 0 Å².